The van der Waals surface area contributed by atoms with Crippen molar-refractivity contribution < 1.29 is 4.74 Å². The molecule has 0 aromatic rings. The molecule has 0 saturated carbocycles. The molecule has 0 saturated heterocycles. The summed E-state index contributed by atoms with van der Waals surface area (Å²) in [6.07, 6.45) is 5.46. The van der Waals surface area contributed by atoms with E-state index in [0.29, 0.717) is 5.92 Å². The molecule has 0 aromatic heterocycles. The van der Waals surface area contributed by atoms with E-state index in [4.69, 9.17) is 4.74 Å². The minimum Gasteiger partial charge on any atom is -0.377 e. The van der Waals surface area contributed by atoms with E-state index in [2.05, 4.69) is 19.1 Å². The molecule has 46 valence electrons. The zero-order valence-electron chi connectivity index (χ0n) is 5.26. The quantitative estimate of drug-likeness (QED) is 0.432. The van der Waals surface area contributed by atoms with Crippen LogP contribution in [-0.4, -0.2) is 13.2 Å². The van der Waals surface area contributed by atoms with Gasteiger partial charge in [0, 0.05) is 6.61 Å². The lowest BCUT2D eigenvalue weighted by molar-refractivity contribution is 0.135. The summed E-state index contributed by atoms with van der Waals surface area (Å²) >= 11 is 0. The van der Waals surface area contributed by atoms with E-state index < -0.39 is 0 Å². The highest BCUT2D eigenvalue weighted by molar-refractivity contribution is 4.85. The van der Waals surface area contributed by atoms with Crippen LogP contribution in [0.1, 0.15) is 13.3 Å². The summed E-state index contributed by atoms with van der Waals surface area (Å²) in [6, 6.07) is 0. The Morgan fingerprint density at radius 3 is 3.25 bits per heavy atom. The summed E-state index contributed by atoms with van der Waals surface area (Å²) in [5, 5.41) is 0. The van der Waals surface area contributed by atoms with Crippen LogP contribution in [0.4, 0.5) is 0 Å². The van der Waals surface area contributed by atoms with Gasteiger partial charge in [-0.15, -0.1) is 0 Å². The maximum atomic E-state index is 5.22. The van der Waals surface area contributed by atoms with Crippen LogP contribution in [0.25, 0.3) is 0 Å². The number of ether oxygens (including phenoxy) is 1. The summed E-state index contributed by atoms with van der Waals surface area (Å²) in [4.78, 5) is 0. The van der Waals surface area contributed by atoms with E-state index in [1.165, 1.54) is 6.42 Å². The van der Waals surface area contributed by atoms with Crippen LogP contribution in [-0.2, 0) is 4.74 Å². The first kappa shape index (κ1) is 5.83. The Bertz CT molecular complexity index is 86.4. The summed E-state index contributed by atoms with van der Waals surface area (Å²) in [7, 11) is 0. The van der Waals surface area contributed by atoms with Crippen molar-refractivity contribution in [1.29, 1.82) is 0 Å². The molecule has 1 rings (SSSR count). The predicted octanol–water partition coefficient (Wildman–Crippen LogP) is 1.60. The summed E-state index contributed by atoms with van der Waals surface area (Å²) in [5.74, 6) is 0.716. The second-order valence-corrected chi connectivity index (χ2v) is 2.35. The van der Waals surface area contributed by atoms with Gasteiger partial charge in [-0.05, 0) is 12.3 Å². The van der Waals surface area contributed by atoms with Gasteiger partial charge in [0.05, 0.1) is 6.61 Å². The van der Waals surface area contributed by atoms with Crippen molar-refractivity contribution >= 4 is 0 Å². The van der Waals surface area contributed by atoms with Crippen LogP contribution in [0.2, 0.25) is 0 Å². The molecule has 1 atom stereocenters. The monoisotopic (exact) mass is 112 g/mol. The molecular formula is C7H12O. The Morgan fingerprint density at radius 2 is 2.38 bits per heavy atom. The van der Waals surface area contributed by atoms with Gasteiger partial charge in [0.25, 0.3) is 0 Å². The van der Waals surface area contributed by atoms with E-state index in [9.17, 15) is 0 Å². The van der Waals surface area contributed by atoms with Crippen LogP contribution in [0, 0.1) is 5.92 Å². The lowest BCUT2D eigenvalue weighted by Crippen LogP contribution is -2.01. The van der Waals surface area contributed by atoms with E-state index in [1.54, 1.807) is 0 Å². The molecule has 1 heteroatoms. The molecule has 1 nitrogen and oxygen atoms in total. The number of hydrogen-bond acceptors (Lipinski definition) is 1. The van der Waals surface area contributed by atoms with E-state index in [0.717, 1.165) is 13.2 Å². The van der Waals surface area contributed by atoms with Gasteiger partial charge in [0.15, 0.2) is 0 Å². The molecule has 0 aromatic carbocycles. The van der Waals surface area contributed by atoms with Crippen LogP contribution in [0.15, 0.2) is 12.2 Å². The first-order chi connectivity index (χ1) is 3.89. The largest absolute Gasteiger partial charge is 0.377 e. The van der Waals surface area contributed by atoms with Crippen LogP contribution < -0.4 is 0 Å². The normalized spacial score (nSPS) is 29.9. The van der Waals surface area contributed by atoms with Gasteiger partial charge in [-0.3, -0.25) is 0 Å². The van der Waals surface area contributed by atoms with Crippen LogP contribution in [0.3, 0.4) is 0 Å². The maximum absolute atomic E-state index is 5.22. The summed E-state index contributed by atoms with van der Waals surface area (Å²) < 4.78 is 5.22. The van der Waals surface area contributed by atoms with Crippen LogP contribution in [0.5, 0.6) is 0 Å². The molecule has 1 unspecified atom stereocenters. The predicted molar refractivity (Wildman–Crippen MR) is 33.7 cm³/mol. The van der Waals surface area contributed by atoms with E-state index in [1.807, 2.05) is 0 Å². The molecule has 0 fully saturated rings. The molecule has 8 heavy (non-hydrogen) atoms. The molecule has 0 aliphatic carbocycles. The fourth-order valence-electron chi connectivity index (χ4n) is 0.802. The SMILES string of the molecule is CC1CC=CCOC1. The van der Waals surface area contributed by atoms with Crippen molar-refractivity contribution in [3.8, 4) is 0 Å². The lowest BCUT2D eigenvalue weighted by atomic mass is 10.1. The average molecular weight is 112 g/mol. The highest BCUT2D eigenvalue weighted by atomic mass is 16.5. The Balaban J connectivity index is 2.30. The molecule has 0 spiro atoms. The standard InChI is InChI=1S/C7H12O/c1-7-4-2-3-5-8-6-7/h2-3,7H,4-6H2,1H3. The molecule has 1 aliphatic rings. The van der Waals surface area contributed by atoms with Gasteiger partial charge in [-0.1, -0.05) is 19.1 Å². The minimum absolute atomic E-state index is 0.716. The fraction of sp³-hybridized carbons (Fsp3) is 0.714. The first-order valence-electron chi connectivity index (χ1n) is 3.12. The second-order valence-electron chi connectivity index (χ2n) is 2.35. The first-order valence-corrected chi connectivity index (χ1v) is 3.12. The van der Waals surface area contributed by atoms with Crippen molar-refractivity contribution in [3.63, 3.8) is 0 Å². The van der Waals surface area contributed by atoms with Crippen molar-refractivity contribution in [3.05, 3.63) is 12.2 Å². The van der Waals surface area contributed by atoms with Gasteiger partial charge in [-0.25, -0.2) is 0 Å². The zero-order chi connectivity index (χ0) is 5.82. The minimum atomic E-state index is 0.716. The summed E-state index contributed by atoms with van der Waals surface area (Å²) in [6.45, 7) is 3.94. The maximum Gasteiger partial charge on any atom is 0.0647 e. The van der Waals surface area contributed by atoms with Gasteiger partial charge in [-0.2, -0.15) is 0 Å². The Morgan fingerprint density at radius 1 is 1.50 bits per heavy atom. The zero-order valence-corrected chi connectivity index (χ0v) is 5.26. The molecule has 0 radical (unpaired) electrons. The Labute approximate surface area is 50.3 Å². The third-order valence-electron chi connectivity index (χ3n) is 1.32. The number of hydrogen-bond donors (Lipinski definition) is 0. The molecule has 1 heterocycles. The van der Waals surface area contributed by atoms with Crippen molar-refractivity contribution in [1.82, 2.24) is 0 Å². The van der Waals surface area contributed by atoms with Crippen LogP contribution >= 0.6 is 0 Å². The lowest BCUT2D eigenvalue weighted by Gasteiger charge is -2.03. The number of allylic oxidation sites excluding steroid dienone is 1. The molecule has 0 amide bonds. The summed E-state index contributed by atoms with van der Waals surface area (Å²) in [5.41, 5.74) is 0. The fourth-order valence-corrected chi connectivity index (χ4v) is 0.802. The Hall–Kier alpha value is -0.300. The third kappa shape index (κ3) is 1.66. The van der Waals surface area contributed by atoms with Gasteiger partial charge in [0.2, 0.25) is 0 Å². The second kappa shape index (κ2) is 2.88. The van der Waals surface area contributed by atoms with Gasteiger partial charge in [0.1, 0.15) is 0 Å². The molecule has 1 aliphatic heterocycles. The van der Waals surface area contributed by atoms with Gasteiger partial charge < -0.3 is 4.74 Å². The molecule has 0 N–H and O–H groups in total. The van der Waals surface area contributed by atoms with E-state index >= 15 is 0 Å². The highest BCUT2D eigenvalue weighted by Gasteiger charge is 2.00. The topological polar surface area (TPSA) is 9.23 Å². The van der Waals surface area contributed by atoms with E-state index in [-0.39, 0.29) is 0 Å². The highest BCUT2D eigenvalue weighted by Crippen LogP contribution is 2.06. The van der Waals surface area contributed by atoms with Crippen molar-refractivity contribution in [2.24, 2.45) is 5.92 Å². The molecular weight excluding hydrogens is 100 g/mol. The average Bonchev–Trinajstić information content (AvgIpc) is 1.94. The van der Waals surface area contributed by atoms with Gasteiger partial charge >= 0.3 is 0 Å². The third-order valence-corrected chi connectivity index (χ3v) is 1.32. The molecule has 0 bridgehead atoms. The smallest absolute Gasteiger partial charge is 0.0647 e. The Kier molecular flexibility index (Phi) is 2.10. The van der Waals surface area contributed by atoms with Crippen molar-refractivity contribution in [2.75, 3.05) is 13.2 Å². The number of rotatable bonds is 0. The van der Waals surface area contributed by atoms with Crippen molar-refractivity contribution in [2.45, 2.75) is 13.3 Å².